The predicted octanol–water partition coefficient (Wildman–Crippen LogP) is 3.32. The molecule has 0 spiro atoms. The summed E-state index contributed by atoms with van der Waals surface area (Å²) >= 11 is 5.89. The van der Waals surface area contributed by atoms with E-state index in [1.54, 1.807) is 12.1 Å². The van der Waals surface area contributed by atoms with Crippen LogP contribution in [0.3, 0.4) is 0 Å². The molecule has 0 aliphatic heterocycles. The van der Waals surface area contributed by atoms with Crippen molar-refractivity contribution in [1.82, 2.24) is 0 Å². The molecule has 3 heteroatoms. The van der Waals surface area contributed by atoms with Gasteiger partial charge in [0.2, 0.25) is 0 Å². The van der Waals surface area contributed by atoms with Gasteiger partial charge in [-0.1, -0.05) is 23.2 Å². The highest BCUT2D eigenvalue weighted by Crippen LogP contribution is 2.21. The lowest BCUT2D eigenvalue weighted by Crippen LogP contribution is -2.23. The fraction of sp³-hybridized carbons (Fsp3) is 0.333. The number of halogens is 2. The Morgan fingerprint density at radius 2 is 2.27 bits per heavy atom. The Morgan fingerprint density at radius 1 is 1.60 bits per heavy atom. The molecule has 0 fully saturated rings. The molecular weight excluding hydrogens is 213 g/mol. The summed E-state index contributed by atoms with van der Waals surface area (Å²) in [5.74, 6) is -0.292. The van der Waals surface area contributed by atoms with E-state index in [9.17, 15) is 4.39 Å². The second kappa shape index (κ2) is 5.29. The van der Waals surface area contributed by atoms with E-state index in [0.717, 1.165) is 5.57 Å². The van der Waals surface area contributed by atoms with Crippen molar-refractivity contribution in [2.45, 2.75) is 25.8 Å². The second-order valence-corrected chi connectivity index (χ2v) is 4.23. The zero-order valence-corrected chi connectivity index (χ0v) is 9.52. The predicted molar refractivity (Wildman–Crippen MR) is 62.5 cm³/mol. The van der Waals surface area contributed by atoms with Crippen LogP contribution in [0.5, 0.6) is 0 Å². The number of rotatable bonds is 4. The molecule has 0 heterocycles. The summed E-state index contributed by atoms with van der Waals surface area (Å²) in [6, 6.07) is 4.53. The van der Waals surface area contributed by atoms with Gasteiger partial charge in [0, 0.05) is 16.6 Å². The number of benzene rings is 1. The van der Waals surface area contributed by atoms with E-state index in [1.165, 1.54) is 6.07 Å². The molecule has 0 bridgehead atoms. The molecule has 1 rings (SSSR count). The normalized spacial score (nSPS) is 12.5. The Morgan fingerprint density at radius 3 is 2.80 bits per heavy atom. The lowest BCUT2D eigenvalue weighted by Gasteiger charge is -2.13. The molecule has 1 aromatic carbocycles. The quantitative estimate of drug-likeness (QED) is 0.785. The Labute approximate surface area is 94.7 Å². The van der Waals surface area contributed by atoms with Gasteiger partial charge in [0.1, 0.15) is 5.82 Å². The zero-order chi connectivity index (χ0) is 11.4. The van der Waals surface area contributed by atoms with Crippen molar-refractivity contribution in [2.75, 3.05) is 0 Å². The molecule has 1 unspecified atom stereocenters. The molecule has 1 aromatic rings. The van der Waals surface area contributed by atoms with Gasteiger partial charge in [-0.05, 0) is 31.9 Å². The zero-order valence-electron chi connectivity index (χ0n) is 8.76. The van der Waals surface area contributed by atoms with Crippen LogP contribution in [0.4, 0.5) is 4.39 Å². The summed E-state index contributed by atoms with van der Waals surface area (Å²) in [6.45, 7) is 5.68. The fourth-order valence-electron chi connectivity index (χ4n) is 1.51. The van der Waals surface area contributed by atoms with Crippen LogP contribution in [0.2, 0.25) is 5.02 Å². The molecular formula is C12H15ClFN. The summed E-state index contributed by atoms with van der Waals surface area (Å²) in [7, 11) is 0. The lowest BCUT2D eigenvalue weighted by molar-refractivity contribution is 0.583. The summed E-state index contributed by atoms with van der Waals surface area (Å²) in [5, 5.41) is 0.437. The van der Waals surface area contributed by atoms with Crippen LogP contribution < -0.4 is 5.73 Å². The minimum atomic E-state index is -0.292. The van der Waals surface area contributed by atoms with Gasteiger partial charge in [-0.15, -0.1) is 6.58 Å². The minimum absolute atomic E-state index is 0.128. The van der Waals surface area contributed by atoms with Crippen LogP contribution in [0.1, 0.15) is 18.9 Å². The monoisotopic (exact) mass is 227 g/mol. The highest BCUT2D eigenvalue weighted by Gasteiger charge is 2.11. The van der Waals surface area contributed by atoms with Crippen LogP contribution in [0.25, 0.3) is 0 Å². The van der Waals surface area contributed by atoms with Gasteiger partial charge in [0.25, 0.3) is 0 Å². The summed E-state index contributed by atoms with van der Waals surface area (Å²) in [6.07, 6.45) is 1.13. The van der Waals surface area contributed by atoms with E-state index in [-0.39, 0.29) is 11.9 Å². The molecule has 0 aliphatic rings. The minimum Gasteiger partial charge on any atom is -0.327 e. The van der Waals surface area contributed by atoms with Crippen molar-refractivity contribution >= 4 is 11.6 Å². The fourth-order valence-corrected chi connectivity index (χ4v) is 1.75. The van der Waals surface area contributed by atoms with Gasteiger partial charge in [-0.3, -0.25) is 0 Å². The Hall–Kier alpha value is -0.860. The molecule has 0 aromatic heterocycles. The molecule has 0 aliphatic carbocycles. The first-order valence-electron chi connectivity index (χ1n) is 4.83. The molecule has 2 N–H and O–H groups in total. The summed E-state index contributed by atoms with van der Waals surface area (Å²) in [4.78, 5) is 0. The summed E-state index contributed by atoms with van der Waals surface area (Å²) < 4.78 is 13.4. The molecule has 0 saturated heterocycles. The topological polar surface area (TPSA) is 26.0 Å². The maximum Gasteiger partial charge on any atom is 0.127 e. The van der Waals surface area contributed by atoms with E-state index >= 15 is 0 Å². The first-order valence-corrected chi connectivity index (χ1v) is 5.21. The van der Waals surface area contributed by atoms with Gasteiger partial charge in [0.15, 0.2) is 0 Å². The third-order valence-corrected chi connectivity index (χ3v) is 2.49. The maximum atomic E-state index is 13.4. The Kier molecular flexibility index (Phi) is 4.30. The average Bonchev–Trinajstić information content (AvgIpc) is 2.10. The molecule has 1 atom stereocenters. The van der Waals surface area contributed by atoms with Gasteiger partial charge < -0.3 is 5.73 Å². The highest BCUT2D eigenvalue weighted by atomic mass is 35.5. The number of nitrogens with two attached hydrogens (primary N) is 1. The van der Waals surface area contributed by atoms with Crippen molar-refractivity contribution in [3.05, 3.63) is 46.8 Å². The van der Waals surface area contributed by atoms with Crippen molar-refractivity contribution in [1.29, 1.82) is 0 Å². The lowest BCUT2D eigenvalue weighted by atomic mass is 10.0. The SMILES string of the molecule is C=C(C)CC(N)Cc1c(F)cccc1Cl. The number of hydrogen-bond acceptors (Lipinski definition) is 1. The highest BCUT2D eigenvalue weighted by molar-refractivity contribution is 6.31. The van der Waals surface area contributed by atoms with Gasteiger partial charge in [0.05, 0.1) is 0 Å². The van der Waals surface area contributed by atoms with Crippen LogP contribution >= 0.6 is 11.6 Å². The van der Waals surface area contributed by atoms with Crippen molar-refractivity contribution < 1.29 is 4.39 Å². The van der Waals surface area contributed by atoms with Crippen LogP contribution in [0, 0.1) is 5.82 Å². The van der Waals surface area contributed by atoms with E-state index in [4.69, 9.17) is 17.3 Å². The van der Waals surface area contributed by atoms with E-state index in [0.29, 0.717) is 23.4 Å². The third-order valence-electron chi connectivity index (χ3n) is 2.14. The third kappa shape index (κ3) is 3.65. The van der Waals surface area contributed by atoms with E-state index < -0.39 is 0 Å². The van der Waals surface area contributed by atoms with Gasteiger partial charge in [-0.25, -0.2) is 4.39 Å². The first kappa shape index (κ1) is 12.2. The Balaban J connectivity index is 2.76. The van der Waals surface area contributed by atoms with Crippen LogP contribution in [-0.4, -0.2) is 6.04 Å². The van der Waals surface area contributed by atoms with Crippen LogP contribution in [-0.2, 0) is 6.42 Å². The maximum absolute atomic E-state index is 13.4. The second-order valence-electron chi connectivity index (χ2n) is 3.83. The standard InChI is InChI=1S/C12H15ClFN/c1-8(2)6-9(15)7-10-11(13)4-3-5-12(10)14/h3-5,9H,1,6-7,15H2,2H3. The van der Waals surface area contributed by atoms with Crippen LogP contribution in [0.15, 0.2) is 30.4 Å². The van der Waals surface area contributed by atoms with Gasteiger partial charge >= 0.3 is 0 Å². The molecule has 82 valence electrons. The number of hydrogen-bond donors (Lipinski definition) is 1. The molecule has 0 radical (unpaired) electrons. The largest absolute Gasteiger partial charge is 0.327 e. The summed E-state index contributed by atoms with van der Waals surface area (Å²) in [5.41, 5.74) is 7.35. The van der Waals surface area contributed by atoms with E-state index in [1.807, 2.05) is 6.92 Å². The van der Waals surface area contributed by atoms with Crippen molar-refractivity contribution in [3.63, 3.8) is 0 Å². The smallest absolute Gasteiger partial charge is 0.127 e. The van der Waals surface area contributed by atoms with E-state index in [2.05, 4.69) is 6.58 Å². The van der Waals surface area contributed by atoms with Crippen molar-refractivity contribution in [2.24, 2.45) is 5.73 Å². The Bertz CT molecular complexity index is 342. The van der Waals surface area contributed by atoms with Crippen molar-refractivity contribution in [3.8, 4) is 0 Å². The molecule has 1 nitrogen and oxygen atoms in total. The molecule has 0 saturated carbocycles. The molecule has 0 amide bonds. The molecule has 15 heavy (non-hydrogen) atoms. The first-order chi connectivity index (χ1) is 7.00. The average molecular weight is 228 g/mol. The van der Waals surface area contributed by atoms with Gasteiger partial charge in [-0.2, -0.15) is 0 Å².